The smallest absolute Gasteiger partial charge is 1.00 e. The van der Waals surface area contributed by atoms with E-state index in [1.807, 2.05) is 0 Å². The van der Waals surface area contributed by atoms with Crippen molar-refractivity contribution in [2.24, 2.45) is 17.3 Å². The van der Waals surface area contributed by atoms with Gasteiger partial charge in [-0.3, -0.25) is 0 Å². The summed E-state index contributed by atoms with van der Waals surface area (Å²) in [6.45, 7) is 24.2. The van der Waals surface area contributed by atoms with Crippen molar-refractivity contribution in [2.45, 2.75) is 106 Å². The van der Waals surface area contributed by atoms with Crippen molar-refractivity contribution in [1.82, 2.24) is 0 Å². The van der Waals surface area contributed by atoms with E-state index in [-0.39, 0.29) is 52.9 Å². The molecule has 0 bridgehead atoms. The molecule has 0 heterocycles. The summed E-state index contributed by atoms with van der Waals surface area (Å²) in [6.07, 6.45) is -3.62. The standard InChI is InChI=1S/C21H25.C15H8F6.C12H19.2ClH.Zr/c1-20(2,3)16-7-9-18-14(12-16)11-15-13-17(21(4,5)6)8-10-19(15)18;16-14(17,18)12-5-1-10(2-6-12)9-11-3-7-13(8-4-11)15(19,20)21;1-9(2)10-6-7-11(8-10)12(3,4)5;;;/h7-10,12H,11H2,1-6H3;1-8H;7-10H,1-5H3;2*1H;/q;;;;;+2/p-2. The van der Waals surface area contributed by atoms with Gasteiger partial charge in [-0.25, -0.2) is 0 Å². The van der Waals surface area contributed by atoms with E-state index in [4.69, 9.17) is 0 Å². The van der Waals surface area contributed by atoms with Gasteiger partial charge in [0, 0.05) is 0 Å². The number of fused-ring (bicyclic) bond motifs is 3. The Kier molecular flexibility index (Phi) is 13.5. The van der Waals surface area contributed by atoms with Gasteiger partial charge in [-0.05, 0) is 0 Å². The number of rotatable bonds is 5. The van der Waals surface area contributed by atoms with E-state index in [0.717, 1.165) is 27.5 Å². The van der Waals surface area contributed by atoms with Gasteiger partial charge in [0.05, 0.1) is 0 Å². The predicted octanol–water partition coefficient (Wildman–Crippen LogP) is 7.55. The topological polar surface area (TPSA) is 0 Å². The summed E-state index contributed by atoms with van der Waals surface area (Å²) in [5, 5.41) is 0. The summed E-state index contributed by atoms with van der Waals surface area (Å²) in [5.41, 5.74) is 7.69. The maximum Gasteiger partial charge on any atom is -1.00 e. The van der Waals surface area contributed by atoms with Crippen LogP contribution in [0.25, 0.3) is 11.1 Å². The average molecular weight is 905 g/mol. The van der Waals surface area contributed by atoms with Crippen molar-refractivity contribution in [1.29, 1.82) is 0 Å². The predicted molar refractivity (Wildman–Crippen MR) is 212 cm³/mol. The maximum atomic E-state index is 14.0. The van der Waals surface area contributed by atoms with E-state index in [0.29, 0.717) is 17.5 Å². The second-order valence-electron chi connectivity index (χ2n) is 18.7. The number of allylic oxidation sites excluding steroid dienone is 4. The second kappa shape index (κ2) is 16.4. The third-order valence-electron chi connectivity index (χ3n) is 11.2. The molecule has 2 aliphatic carbocycles. The molecule has 0 spiro atoms. The molecule has 0 saturated heterocycles. The summed E-state index contributed by atoms with van der Waals surface area (Å²) in [5.74, 6) is 0.270. The first-order valence-corrected chi connectivity index (χ1v) is 22.8. The summed E-state index contributed by atoms with van der Waals surface area (Å²) < 4.78 is 87.5. The zero-order chi connectivity index (χ0) is 40.6. The van der Waals surface area contributed by atoms with Crippen LogP contribution in [0.15, 0.2) is 99.9 Å². The number of alkyl halides is 6. The van der Waals surface area contributed by atoms with Crippen LogP contribution in [-0.2, 0) is 50.9 Å². The quantitative estimate of drug-likeness (QED) is 0.160. The Labute approximate surface area is 355 Å². The normalized spacial score (nSPS) is 15.5. The van der Waals surface area contributed by atoms with E-state index in [1.54, 1.807) is 24.3 Å². The number of hydrogen-bond donors (Lipinski definition) is 0. The van der Waals surface area contributed by atoms with Crippen molar-refractivity contribution < 1.29 is 72.4 Å². The Morgan fingerprint density at radius 1 is 0.596 bits per heavy atom. The molecule has 0 aliphatic heterocycles. The molecule has 4 aromatic rings. The molecule has 57 heavy (non-hydrogen) atoms. The zero-order valence-electron chi connectivity index (χ0n) is 34.5. The van der Waals surface area contributed by atoms with E-state index >= 15 is 0 Å². The Morgan fingerprint density at radius 2 is 1.07 bits per heavy atom. The molecule has 0 radical (unpaired) electrons. The largest absolute Gasteiger partial charge is 1.00 e. The van der Waals surface area contributed by atoms with E-state index < -0.39 is 44.7 Å². The summed E-state index contributed by atoms with van der Waals surface area (Å²) in [6, 6.07) is 21.9. The first-order valence-electron chi connectivity index (χ1n) is 19.1. The fraction of sp³-hybridized carbons (Fsp3) is 0.396. The summed E-state index contributed by atoms with van der Waals surface area (Å²) >= 11 is -3.69. The minimum Gasteiger partial charge on any atom is -1.00 e. The van der Waals surface area contributed by atoms with Gasteiger partial charge in [-0.1, -0.05) is 0 Å². The van der Waals surface area contributed by atoms with Crippen molar-refractivity contribution in [3.05, 3.63) is 144 Å². The molecule has 9 heteroatoms. The van der Waals surface area contributed by atoms with Crippen LogP contribution in [0.2, 0.25) is 0 Å². The zero-order valence-corrected chi connectivity index (χ0v) is 38.5. The van der Waals surface area contributed by atoms with Crippen LogP contribution in [0.3, 0.4) is 0 Å². The summed E-state index contributed by atoms with van der Waals surface area (Å²) in [7, 11) is 0. The van der Waals surface area contributed by atoms with Gasteiger partial charge >= 0.3 is 333 Å². The molecule has 6 rings (SSSR count). The molecular formula is C48H52Cl2F6Zr. The van der Waals surface area contributed by atoms with E-state index in [1.165, 1.54) is 45.5 Å². The molecule has 0 amide bonds. The van der Waals surface area contributed by atoms with Gasteiger partial charge in [0.2, 0.25) is 0 Å². The van der Waals surface area contributed by atoms with Crippen LogP contribution in [0, 0.1) is 17.3 Å². The molecule has 4 aromatic carbocycles. The van der Waals surface area contributed by atoms with Crippen molar-refractivity contribution >= 4 is 6.48 Å². The van der Waals surface area contributed by atoms with Crippen LogP contribution in [0.1, 0.15) is 121 Å². The number of halogens is 8. The Bertz CT molecular complexity index is 2160. The van der Waals surface area contributed by atoms with Gasteiger partial charge in [0.25, 0.3) is 0 Å². The van der Waals surface area contributed by atoms with E-state index in [9.17, 15) is 26.3 Å². The average Bonchev–Trinajstić information content (AvgIpc) is 3.68. The van der Waals surface area contributed by atoms with Crippen molar-refractivity contribution in [3.8, 4) is 11.1 Å². The SMILES string of the molecule is CC(C)C1C=C(C(C)(C)C)C=[C]1[Zr+2](=[C](c1ccc(C(F)(F)F)cc1)c1ccc(C(F)(F)F)cc1)[c]1c(C(C)(C)C)ccc2c1Cc1cc(C(C)(C)C)ccc1-2.[Cl-].[Cl-]. The Morgan fingerprint density at radius 3 is 1.49 bits per heavy atom. The van der Waals surface area contributed by atoms with Gasteiger partial charge in [0.15, 0.2) is 0 Å². The molecule has 1 unspecified atom stereocenters. The van der Waals surface area contributed by atoms with Crippen molar-refractivity contribution in [2.75, 3.05) is 0 Å². The molecule has 0 nitrogen and oxygen atoms in total. The maximum absolute atomic E-state index is 14.0. The third kappa shape index (κ3) is 9.52. The molecule has 1 atom stereocenters. The molecule has 0 saturated carbocycles. The minimum atomic E-state index is -4.53. The fourth-order valence-electron chi connectivity index (χ4n) is 8.03. The van der Waals surface area contributed by atoms with Gasteiger partial charge in [0.1, 0.15) is 0 Å². The molecule has 0 aromatic heterocycles. The monoisotopic (exact) mass is 902 g/mol. The van der Waals surface area contributed by atoms with Crippen LogP contribution < -0.4 is 28.1 Å². The second-order valence-corrected chi connectivity index (χ2v) is 24.4. The first-order chi connectivity index (χ1) is 25.3. The Hall–Kier alpha value is -2.73. The molecule has 0 fully saturated rings. The van der Waals surface area contributed by atoms with Crippen LogP contribution in [0.4, 0.5) is 26.3 Å². The fourth-order valence-corrected chi connectivity index (χ4v) is 18.0. The number of hydrogen-bond acceptors (Lipinski definition) is 0. The van der Waals surface area contributed by atoms with E-state index in [2.05, 4.69) is 119 Å². The molecule has 304 valence electrons. The molecule has 0 N–H and O–H groups in total. The molecule has 2 aliphatic rings. The Balaban J connectivity index is 0.00000360. The summed E-state index contributed by atoms with van der Waals surface area (Å²) in [4.78, 5) is 0. The third-order valence-corrected chi connectivity index (χ3v) is 19.0. The van der Waals surface area contributed by atoms with Crippen LogP contribution in [-0.4, -0.2) is 3.21 Å². The van der Waals surface area contributed by atoms with Crippen LogP contribution >= 0.6 is 0 Å². The van der Waals surface area contributed by atoms with Gasteiger partial charge < -0.3 is 24.8 Å². The van der Waals surface area contributed by atoms with Gasteiger partial charge in [-0.15, -0.1) is 0 Å². The van der Waals surface area contributed by atoms with Crippen LogP contribution in [0.5, 0.6) is 0 Å². The first kappa shape index (κ1) is 47.0. The van der Waals surface area contributed by atoms with Crippen molar-refractivity contribution in [3.63, 3.8) is 0 Å². The number of benzene rings is 4. The van der Waals surface area contributed by atoms with Gasteiger partial charge in [-0.2, -0.15) is 0 Å². The molecular weight excluding hydrogens is 853 g/mol. The minimum absolute atomic E-state index is 0.